The molecular formula is C115H118N18O5. The average molecular weight is 1840 g/mol. The molecule has 0 spiro atoms. The van der Waals surface area contributed by atoms with Gasteiger partial charge in [-0.1, -0.05) is 84.9 Å². The van der Waals surface area contributed by atoms with Gasteiger partial charge in [0, 0.05) is 136 Å². The third kappa shape index (κ3) is 14.5. The number of anilines is 15. The van der Waals surface area contributed by atoms with Gasteiger partial charge in [0.25, 0.3) is 0 Å². The summed E-state index contributed by atoms with van der Waals surface area (Å²) in [7, 11) is 0. The Bertz CT molecular complexity index is 7430. The quantitative estimate of drug-likeness (QED) is 0.132. The van der Waals surface area contributed by atoms with E-state index in [4.69, 9.17) is 41.6 Å². The minimum Gasteiger partial charge on any atom is -0.435 e. The van der Waals surface area contributed by atoms with Gasteiger partial charge in [0.2, 0.25) is 28.6 Å². The van der Waals surface area contributed by atoms with Crippen molar-refractivity contribution in [2.75, 3.05) is 56.0 Å². The van der Waals surface area contributed by atoms with Crippen molar-refractivity contribution >= 4 is 196 Å². The SMILES string of the molecule is [2H]C(C)(C)N1c2ccccc2N(c2c(C)ccc3c2oc2nc(C)ccc23)C1C.[2H]C(C)(C)N1c2ccccc2N(c2c(C)ccc3c2oc2nc(C)ccc23)C1C.[2H]C(C)(C)N1c2cccnc2N(c2c(C)ccc3c2oc2nc(C)ccc23)C1C.[2H]C(C)(C)N1c2cccnc2N(c2c(C)ccc3c2oc2nc(C)ccc23)C1C.[2H]C([2H])([2H])N1c2cccnc2N(c2c(C)ccc3c2oc2nc(C)ccc23)C1C. The molecule has 5 aliphatic rings. The third-order valence-electron chi connectivity index (χ3n) is 27.5. The van der Waals surface area contributed by atoms with Gasteiger partial charge in [0.05, 0.1) is 73.7 Å². The van der Waals surface area contributed by atoms with Gasteiger partial charge < -0.3 is 71.1 Å². The standard InChI is InChI=1S/2C24H25N3O.2C23H24N4O.C21H20N4O/c2*1-14(2)26-17(5)27(21-9-7-6-8-20(21)26)22-15(3)10-12-18-19-13-11-16(4)25-24(19)28-23(18)22;2*1-13(2)26-16(5)27(22-19(26)7-6-12-24-22)20-14(3)8-10-17-18-11-9-15(4)25-23(18)28-21(17)20;1-12-7-9-15-16-10-8-13(2)23-21(16)26-19(15)18(12)25-14(3)24(4)17-6-5-11-22-20(17)25/h2*6-14,17H,1-5H3;2*6-13,16H,1-5H3;5-11,14H,1-4H3/i2*14D;2*13D;4D3. The van der Waals surface area contributed by atoms with E-state index in [-0.39, 0.29) is 24.7 Å². The second kappa shape index (κ2) is 34.5. The van der Waals surface area contributed by atoms with E-state index in [1.165, 1.54) is 4.90 Å². The number of aryl methyl sites for hydroxylation is 10. The predicted molar refractivity (Wildman–Crippen MR) is 567 cm³/mol. The lowest BCUT2D eigenvalue weighted by molar-refractivity contribution is 0.601. The zero-order chi connectivity index (χ0) is 102. The first-order valence-electron chi connectivity index (χ1n) is 50.8. The molecule has 23 nitrogen and oxygen atoms in total. The molecule has 0 amide bonds. The molecule has 0 bridgehead atoms. The molecule has 18 heterocycles. The topological polar surface area (TPSA) is 201 Å². The molecule has 20 aromatic rings. The highest BCUT2D eigenvalue weighted by atomic mass is 16.4. The van der Waals surface area contributed by atoms with Crippen LogP contribution in [0.4, 0.5) is 85.7 Å². The maximum absolute atomic E-state index is 8.74. The highest BCUT2D eigenvalue weighted by molar-refractivity contribution is 6.15. The molecule has 138 heavy (non-hydrogen) atoms. The number of fused-ring (bicyclic) bond motifs is 20. The van der Waals surface area contributed by atoms with Crippen molar-refractivity contribution < 1.29 is 31.7 Å². The van der Waals surface area contributed by atoms with Crippen molar-refractivity contribution in [2.45, 2.75) is 214 Å². The van der Waals surface area contributed by atoms with E-state index in [1.807, 2.05) is 194 Å². The van der Waals surface area contributed by atoms with Crippen LogP contribution in [0.15, 0.2) is 247 Å². The van der Waals surface area contributed by atoms with E-state index < -0.39 is 37.2 Å². The van der Waals surface area contributed by atoms with Crippen LogP contribution in [0, 0.1) is 69.2 Å². The molecule has 0 saturated carbocycles. The summed E-state index contributed by atoms with van der Waals surface area (Å²) in [5, 5.41) is 10.2. The second-order valence-electron chi connectivity index (χ2n) is 37.7. The van der Waals surface area contributed by atoms with E-state index in [9.17, 15) is 0 Å². The molecule has 0 fully saturated rings. The van der Waals surface area contributed by atoms with Crippen molar-refractivity contribution in [2.24, 2.45) is 0 Å². The Kier molecular flexibility index (Phi) is 20.3. The largest absolute Gasteiger partial charge is 0.435 e. The lowest BCUT2D eigenvalue weighted by Crippen LogP contribution is -2.42. The van der Waals surface area contributed by atoms with Crippen LogP contribution in [-0.2, 0) is 0 Å². The third-order valence-corrected chi connectivity index (χ3v) is 27.5. The van der Waals surface area contributed by atoms with Crippen LogP contribution in [0.3, 0.4) is 0 Å². The zero-order valence-corrected chi connectivity index (χ0v) is 82.3. The number of furan rings is 5. The van der Waals surface area contributed by atoms with Gasteiger partial charge in [-0.05, 0) is 308 Å². The Labute approximate surface area is 814 Å². The Balaban J connectivity index is 0.000000107. The molecule has 0 N–H and O–H groups in total. The molecule has 0 saturated heterocycles. The first-order valence-corrected chi connectivity index (χ1v) is 47.3. The first-order chi connectivity index (χ1) is 68.8. The monoisotopic (exact) mass is 1840 g/mol. The van der Waals surface area contributed by atoms with E-state index in [0.717, 1.165) is 207 Å². The summed E-state index contributed by atoms with van der Waals surface area (Å²) in [5.74, 6) is 2.30. The minimum absolute atomic E-state index is 0.0212. The smallest absolute Gasteiger partial charge is 0.227 e. The van der Waals surface area contributed by atoms with Gasteiger partial charge in [-0.25, -0.2) is 39.9 Å². The normalized spacial score (nSPS) is 17.7. The number of para-hydroxylation sites is 4. The van der Waals surface area contributed by atoms with Crippen molar-refractivity contribution in [3.05, 3.63) is 281 Å². The Morgan fingerprint density at radius 1 is 0.246 bits per heavy atom. The number of nitrogens with zero attached hydrogens (tertiary/aromatic N) is 18. The summed E-state index contributed by atoms with van der Waals surface area (Å²) in [6, 6.07) is 66.4. The van der Waals surface area contributed by atoms with Crippen molar-refractivity contribution in [3.8, 4) is 0 Å². The van der Waals surface area contributed by atoms with Crippen molar-refractivity contribution in [1.29, 1.82) is 0 Å². The Morgan fingerprint density at radius 2 is 0.464 bits per heavy atom. The predicted octanol–water partition coefficient (Wildman–Crippen LogP) is 29.0. The molecule has 698 valence electrons. The molecule has 25 rings (SSSR count). The Morgan fingerprint density at radius 3 is 0.732 bits per heavy atom. The molecular weight excluding hydrogens is 1710 g/mol. The number of hydrogen-bond donors (Lipinski definition) is 0. The highest BCUT2D eigenvalue weighted by Crippen LogP contribution is 2.56. The minimum atomic E-state index is -2.29. The van der Waals surface area contributed by atoms with Gasteiger partial charge in [0.1, 0.15) is 30.8 Å². The van der Waals surface area contributed by atoms with Gasteiger partial charge in [-0.3, -0.25) is 0 Å². The summed E-state index contributed by atoms with van der Waals surface area (Å²) in [5.41, 5.74) is 29.0. The van der Waals surface area contributed by atoms with E-state index in [2.05, 4.69) is 234 Å². The van der Waals surface area contributed by atoms with Crippen LogP contribution >= 0.6 is 0 Å². The summed E-state index contributed by atoms with van der Waals surface area (Å²) in [6.45, 7) is 43.7. The number of rotatable bonds is 9. The van der Waals surface area contributed by atoms with Gasteiger partial charge in [0.15, 0.2) is 45.4 Å². The molecule has 7 aromatic carbocycles. The van der Waals surface area contributed by atoms with Crippen molar-refractivity contribution in [3.63, 3.8) is 0 Å². The lowest BCUT2D eigenvalue weighted by Gasteiger charge is -2.33. The molecule has 5 unspecified atom stereocenters. The molecule has 0 aliphatic carbocycles. The number of aromatic nitrogens is 8. The fraction of sp³-hybridized carbons (Fsp3) is 0.287. The average Bonchev–Trinajstić information content (AvgIpc) is 1.58. The van der Waals surface area contributed by atoms with E-state index in [0.29, 0.717) is 45.7 Å². The zero-order valence-electron chi connectivity index (χ0n) is 89.3. The maximum Gasteiger partial charge on any atom is 0.227 e. The summed E-state index contributed by atoms with van der Waals surface area (Å²) in [6.07, 6.45) is 4.62. The molecule has 5 atom stereocenters. The first kappa shape index (κ1) is 81.1. The number of benzene rings is 7. The van der Waals surface area contributed by atoms with Crippen LogP contribution in [0.1, 0.15) is 156 Å². The summed E-state index contributed by atoms with van der Waals surface area (Å²) >= 11 is 0. The van der Waals surface area contributed by atoms with Gasteiger partial charge in [-0.2, -0.15) is 0 Å². The van der Waals surface area contributed by atoms with Gasteiger partial charge >= 0.3 is 0 Å². The second-order valence-corrected chi connectivity index (χ2v) is 37.7. The summed E-state index contributed by atoms with van der Waals surface area (Å²) < 4.78 is 90.5. The number of hydrogen-bond acceptors (Lipinski definition) is 23. The fourth-order valence-corrected chi connectivity index (χ4v) is 21.5. The molecule has 23 heteroatoms. The van der Waals surface area contributed by atoms with Crippen LogP contribution in [0.2, 0.25) is 0 Å². The lowest BCUT2D eigenvalue weighted by atomic mass is 10.1. The molecule has 5 aliphatic heterocycles. The van der Waals surface area contributed by atoms with E-state index in [1.54, 1.807) is 30.7 Å². The number of pyridine rings is 8. The van der Waals surface area contributed by atoms with Crippen LogP contribution in [0.5, 0.6) is 0 Å². The van der Waals surface area contributed by atoms with Crippen LogP contribution in [-0.4, -0.2) is 102 Å². The molecule has 13 aromatic heterocycles. The maximum atomic E-state index is 8.74. The fourth-order valence-electron chi connectivity index (χ4n) is 21.5. The van der Waals surface area contributed by atoms with Crippen molar-refractivity contribution in [1.82, 2.24) is 39.9 Å². The van der Waals surface area contributed by atoms with E-state index >= 15 is 0 Å². The Hall–Kier alpha value is -15.3. The van der Waals surface area contributed by atoms with Gasteiger partial charge in [-0.15, -0.1) is 0 Å². The van der Waals surface area contributed by atoms with Crippen LogP contribution < -0.4 is 49.0 Å². The molecule has 0 radical (unpaired) electrons. The van der Waals surface area contributed by atoms with Crippen LogP contribution in [0.25, 0.3) is 110 Å². The summed E-state index contributed by atoms with van der Waals surface area (Å²) in [4.78, 5) is 57.7. The highest BCUT2D eigenvalue weighted by Gasteiger charge is 2.44.